The average Bonchev–Trinajstić information content (AvgIpc) is 3.12. The fraction of sp³-hybridized carbons (Fsp3) is 0.300. The highest BCUT2D eigenvalue weighted by Gasteiger charge is 2.33. The largest absolute Gasteiger partial charge is 0.327 e. The van der Waals surface area contributed by atoms with Crippen LogP contribution in [0, 0.1) is 0 Å². The normalized spacial score (nSPS) is 19.6. The number of para-hydroxylation sites is 1. The second kappa shape index (κ2) is 6.48. The molecule has 0 saturated carbocycles. The van der Waals surface area contributed by atoms with Crippen LogP contribution in [0.2, 0.25) is 0 Å². The van der Waals surface area contributed by atoms with Crippen LogP contribution in [0.4, 0.5) is 10.5 Å². The first-order valence-corrected chi connectivity index (χ1v) is 8.58. The molecule has 2 aliphatic rings. The molecular formula is C20H21N3O. The molecule has 0 aromatic heterocycles. The zero-order valence-corrected chi connectivity index (χ0v) is 13.6. The Labute approximate surface area is 142 Å². The standard InChI is InChI=1S/C20H21N3O/c24-20(22-16-9-2-1-3-10-16)23-14-13-21-19(23)18-12-6-8-15-7-4-5-11-17(15)18/h1-5,7,9-11,18H,6,8,12-14H2,(H,22,24). The van der Waals surface area contributed by atoms with E-state index >= 15 is 0 Å². The van der Waals surface area contributed by atoms with E-state index in [9.17, 15) is 4.79 Å². The number of aryl methyl sites for hydroxylation is 1. The molecule has 2 aromatic carbocycles. The van der Waals surface area contributed by atoms with Crippen LogP contribution in [0.5, 0.6) is 0 Å². The first-order chi connectivity index (χ1) is 11.8. The second-order valence-corrected chi connectivity index (χ2v) is 6.33. The van der Waals surface area contributed by atoms with Gasteiger partial charge in [-0.2, -0.15) is 0 Å². The Balaban J connectivity index is 1.56. The van der Waals surface area contributed by atoms with Gasteiger partial charge in [0.1, 0.15) is 5.84 Å². The van der Waals surface area contributed by atoms with Crippen molar-refractivity contribution in [1.29, 1.82) is 0 Å². The highest BCUT2D eigenvalue weighted by atomic mass is 16.2. The number of carbonyl (C=O) groups excluding carboxylic acids is 1. The smallest absolute Gasteiger partial charge is 0.308 e. The monoisotopic (exact) mass is 319 g/mol. The summed E-state index contributed by atoms with van der Waals surface area (Å²) in [5.41, 5.74) is 3.55. The summed E-state index contributed by atoms with van der Waals surface area (Å²) in [6, 6.07) is 18.1. The van der Waals surface area contributed by atoms with E-state index in [1.165, 1.54) is 11.1 Å². The van der Waals surface area contributed by atoms with Gasteiger partial charge in [0.15, 0.2) is 0 Å². The molecule has 0 spiro atoms. The average molecular weight is 319 g/mol. The lowest BCUT2D eigenvalue weighted by molar-refractivity contribution is 0.235. The van der Waals surface area contributed by atoms with Crippen LogP contribution in [0.25, 0.3) is 0 Å². The molecule has 1 unspecified atom stereocenters. The van der Waals surface area contributed by atoms with Gasteiger partial charge in [-0.15, -0.1) is 0 Å². The van der Waals surface area contributed by atoms with Crippen molar-refractivity contribution in [2.24, 2.45) is 4.99 Å². The number of nitrogens with one attached hydrogen (secondary N) is 1. The van der Waals surface area contributed by atoms with Gasteiger partial charge < -0.3 is 5.32 Å². The Morgan fingerprint density at radius 3 is 2.75 bits per heavy atom. The molecule has 1 atom stereocenters. The lowest BCUT2D eigenvalue weighted by Gasteiger charge is -2.30. The van der Waals surface area contributed by atoms with E-state index in [1.807, 2.05) is 35.2 Å². The molecule has 2 amide bonds. The zero-order chi connectivity index (χ0) is 16.4. The van der Waals surface area contributed by atoms with E-state index in [-0.39, 0.29) is 11.9 Å². The van der Waals surface area contributed by atoms with Gasteiger partial charge in [-0.3, -0.25) is 9.89 Å². The number of amidine groups is 1. The van der Waals surface area contributed by atoms with Crippen molar-refractivity contribution < 1.29 is 4.79 Å². The minimum absolute atomic E-state index is 0.0829. The van der Waals surface area contributed by atoms with Crippen LogP contribution in [0.1, 0.15) is 29.9 Å². The van der Waals surface area contributed by atoms with Gasteiger partial charge in [0.25, 0.3) is 0 Å². The molecule has 1 heterocycles. The van der Waals surface area contributed by atoms with Gasteiger partial charge in [-0.05, 0) is 42.5 Å². The third-order valence-corrected chi connectivity index (χ3v) is 4.83. The minimum atomic E-state index is -0.0829. The zero-order valence-electron chi connectivity index (χ0n) is 13.6. The molecule has 4 nitrogen and oxygen atoms in total. The number of fused-ring (bicyclic) bond motifs is 1. The van der Waals surface area contributed by atoms with Gasteiger partial charge in [0, 0.05) is 18.2 Å². The third-order valence-electron chi connectivity index (χ3n) is 4.83. The summed E-state index contributed by atoms with van der Waals surface area (Å²) in [6.07, 6.45) is 3.33. The van der Waals surface area contributed by atoms with Crippen molar-refractivity contribution in [3.8, 4) is 0 Å². The summed E-state index contributed by atoms with van der Waals surface area (Å²) in [4.78, 5) is 19.2. The SMILES string of the molecule is O=C(Nc1ccccc1)N1CCN=C1C1CCCc2ccccc21. The Kier molecular flexibility index (Phi) is 4.03. The lowest BCUT2D eigenvalue weighted by atomic mass is 9.82. The van der Waals surface area contributed by atoms with Crippen LogP contribution in [-0.2, 0) is 6.42 Å². The highest BCUT2D eigenvalue weighted by molar-refractivity contribution is 6.06. The number of hydrogen-bond donors (Lipinski definition) is 1. The fourth-order valence-corrected chi connectivity index (χ4v) is 3.70. The van der Waals surface area contributed by atoms with E-state index in [1.54, 1.807) is 0 Å². The highest BCUT2D eigenvalue weighted by Crippen LogP contribution is 2.34. The number of aliphatic imine (C=N–C) groups is 1. The Hall–Kier alpha value is -2.62. The van der Waals surface area contributed by atoms with Gasteiger partial charge in [-0.1, -0.05) is 42.5 Å². The van der Waals surface area contributed by atoms with Crippen molar-refractivity contribution in [3.63, 3.8) is 0 Å². The number of urea groups is 1. The maximum Gasteiger partial charge on any atom is 0.327 e. The summed E-state index contributed by atoms with van der Waals surface area (Å²) in [5, 5.41) is 2.98. The molecule has 4 heteroatoms. The maximum atomic E-state index is 12.7. The number of hydrogen-bond acceptors (Lipinski definition) is 2. The number of carbonyl (C=O) groups is 1. The minimum Gasteiger partial charge on any atom is -0.308 e. The van der Waals surface area contributed by atoms with Crippen molar-refractivity contribution >= 4 is 17.6 Å². The molecule has 1 aliphatic carbocycles. The molecule has 0 radical (unpaired) electrons. The van der Waals surface area contributed by atoms with Crippen LogP contribution in [0.3, 0.4) is 0 Å². The molecule has 1 aliphatic heterocycles. The summed E-state index contributed by atoms with van der Waals surface area (Å²) < 4.78 is 0. The van der Waals surface area contributed by atoms with Crippen molar-refractivity contribution in [2.75, 3.05) is 18.4 Å². The van der Waals surface area contributed by atoms with E-state index in [0.717, 1.165) is 30.8 Å². The molecular weight excluding hydrogens is 298 g/mol. The quantitative estimate of drug-likeness (QED) is 0.891. The third kappa shape index (κ3) is 2.80. The van der Waals surface area contributed by atoms with E-state index in [2.05, 4.69) is 34.6 Å². The molecule has 0 bridgehead atoms. The predicted octanol–water partition coefficient (Wildman–Crippen LogP) is 4.05. The lowest BCUT2D eigenvalue weighted by Crippen LogP contribution is -2.41. The van der Waals surface area contributed by atoms with Crippen molar-refractivity contribution in [1.82, 2.24) is 4.90 Å². The molecule has 24 heavy (non-hydrogen) atoms. The molecule has 1 N–H and O–H groups in total. The van der Waals surface area contributed by atoms with Crippen LogP contribution >= 0.6 is 0 Å². The summed E-state index contributed by atoms with van der Waals surface area (Å²) in [7, 11) is 0. The summed E-state index contributed by atoms with van der Waals surface area (Å²) >= 11 is 0. The molecule has 0 fully saturated rings. The number of nitrogens with zero attached hydrogens (tertiary/aromatic N) is 2. The van der Waals surface area contributed by atoms with Gasteiger partial charge in [0.2, 0.25) is 0 Å². The van der Waals surface area contributed by atoms with Gasteiger partial charge in [0.05, 0.1) is 6.54 Å². The summed E-state index contributed by atoms with van der Waals surface area (Å²) in [5.74, 6) is 1.16. The van der Waals surface area contributed by atoms with Gasteiger partial charge in [-0.25, -0.2) is 4.79 Å². The van der Waals surface area contributed by atoms with E-state index in [0.29, 0.717) is 13.1 Å². The number of anilines is 1. The van der Waals surface area contributed by atoms with Gasteiger partial charge >= 0.3 is 6.03 Å². The number of amides is 2. The maximum absolute atomic E-state index is 12.7. The van der Waals surface area contributed by atoms with Crippen LogP contribution < -0.4 is 5.32 Å². The Morgan fingerprint density at radius 1 is 1.08 bits per heavy atom. The molecule has 122 valence electrons. The Morgan fingerprint density at radius 2 is 1.88 bits per heavy atom. The second-order valence-electron chi connectivity index (χ2n) is 6.33. The number of rotatable bonds is 2. The molecule has 0 saturated heterocycles. The predicted molar refractivity (Wildman–Crippen MR) is 96.6 cm³/mol. The molecule has 2 aromatic rings. The van der Waals surface area contributed by atoms with Crippen LogP contribution in [-0.4, -0.2) is 29.9 Å². The summed E-state index contributed by atoms with van der Waals surface area (Å²) in [6.45, 7) is 1.35. The van der Waals surface area contributed by atoms with Crippen LogP contribution in [0.15, 0.2) is 59.6 Å². The van der Waals surface area contributed by atoms with E-state index in [4.69, 9.17) is 0 Å². The molecule has 4 rings (SSSR count). The first-order valence-electron chi connectivity index (χ1n) is 8.58. The number of benzene rings is 2. The fourth-order valence-electron chi connectivity index (χ4n) is 3.70. The van der Waals surface area contributed by atoms with Crippen molar-refractivity contribution in [2.45, 2.75) is 25.2 Å². The van der Waals surface area contributed by atoms with E-state index < -0.39 is 0 Å². The topological polar surface area (TPSA) is 44.7 Å². The first kappa shape index (κ1) is 14.9. The Bertz CT molecular complexity index is 769. The van der Waals surface area contributed by atoms with Crippen molar-refractivity contribution in [3.05, 3.63) is 65.7 Å².